The van der Waals surface area contributed by atoms with Gasteiger partial charge in [0.2, 0.25) is 11.7 Å². The summed E-state index contributed by atoms with van der Waals surface area (Å²) in [6, 6.07) is 15.3. The summed E-state index contributed by atoms with van der Waals surface area (Å²) >= 11 is 1.38. The van der Waals surface area contributed by atoms with Crippen LogP contribution in [0.15, 0.2) is 58.5 Å². The van der Waals surface area contributed by atoms with E-state index >= 15 is 0 Å². The van der Waals surface area contributed by atoms with Crippen molar-refractivity contribution in [3.8, 4) is 5.69 Å². The van der Waals surface area contributed by atoms with Crippen molar-refractivity contribution in [2.24, 2.45) is 0 Å². The van der Waals surface area contributed by atoms with Crippen LogP contribution in [0.2, 0.25) is 0 Å². The predicted octanol–water partition coefficient (Wildman–Crippen LogP) is 4.23. The first kappa shape index (κ1) is 21.7. The van der Waals surface area contributed by atoms with E-state index in [9.17, 15) is 9.59 Å². The number of thioether (sulfide) groups is 1. The number of para-hydroxylation sites is 1. The number of fused-ring (bicyclic) bond motifs is 3. The summed E-state index contributed by atoms with van der Waals surface area (Å²) < 4.78 is 3.49. The van der Waals surface area contributed by atoms with Crippen LogP contribution in [0.4, 0.5) is 0 Å². The lowest BCUT2D eigenvalue weighted by molar-refractivity contribution is -0.128. The van der Waals surface area contributed by atoms with E-state index in [1.807, 2.05) is 64.8 Å². The predicted molar refractivity (Wildman–Crippen MR) is 131 cm³/mol. The highest BCUT2D eigenvalue weighted by Gasteiger charge is 2.20. The number of amides is 1. The van der Waals surface area contributed by atoms with Crippen LogP contribution < -0.4 is 5.56 Å². The third kappa shape index (κ3) is 4.27. The van der Waals surface area contributed by atoms with E-state index in [0.29, 0.717) is 22.1 Å². The van der Waals surface area contributed by atoms with Gasteiger partial charge in [-0.3, -0.25) is 14.0 Å². The molecule has 0 N–H and O–H groups in total. The Morgan fingerprint density at radius 1 is 0.939 bits per heavy atom. The lowest BCUT2D eigenvalue weighted by atomic mass is 10.1. The highest BCUT2D eigenvalue weighted by molar-refractivity contribution is 7.99. The standard InChI is InChI=1S/C25H27N5O2S/c1-18-11-13-19(14-12-18)29-23(32)20-9-5-6-10-21(20)30-24(29)26-27-25(30)33-17-22(31)28-15-7-3-2-4-8-16-28/h5-6,9-14H,2-4,7-8,15-17H2,1H3. The van der Waals surface area contributed by atoms with Gasteiger partial charge in [-0.1, -0.05) is 60.9 Å². The molecule has 33 heavy (non-hydrogen) atoms. The molecule has 3 heterocycles. The molecule has 1 aliphatic heterocycles. The molecule has 1 saturated heterocycles. The van der Waals surface area contributed by atoms with Crippen molar-refractivity contribution in [1.29, 1.82) is 0 Å². The SMILES string of the molecule is Cc1ccc(-n2c(=O)c3ccccc3n3c(SCC(=O)N4CCCCCCC4)nnc23)cc1. The van der Waals surface area contributed by atoms with Crippen LogP contribution in [0, 0.1) is 6.92 Å². The fraction of sp³-hybridized carbons (Fsp3) is 0.360. The largest absolute Gasteiger partial charge is 0.342 e. The Bertz CT molecular complexity index is 1350. The van der Waals surface area contributed by atoms with E-state index in [4.69, 9.17) is 0 Å². The van der Waals surface area contributed by atoms with Gasteiger partial charge in [-0.15, -0.1) is 10.2 Å². The normalized spacial score (nSPS) is 15.0. The highest BCUT2D eigenvalue weighted by atomic mass is 32.2. The average molecular weight is 462 g/mol. The van der Waals surface area contributed by atoms with Crippen molar-refractivity contribution < 1.29 is 4.79 Å². The van der Waals surface area contributed by atoms with E-state index in [0.717, 1.165) is 42.7 Å². The number of carbonyl (C=O) groups excluding carboxylic acids is 1. The number of hydrogen-bond donors (Lipinski definition) is 0. The molecule has 5 rings (SSSR count). The third-order valence-corrected chi connectivity index (χ3v) is 7.13. The molecule has 7 nitrogen and oxygen atoms in total. The Balaban J connectivity index is 1.53. The second kappa shape index (κ2) is 9.39. The van der Waals surface area contributed by atoms with Gasteiger partial charge in [-0.05, 0) is 44.0 Å². The van der Waals surface area contributed by atoms with Crippen LogP contribution in [0.25, 0.3) is 22.4 Å². The molecule has 0 bridgehead atoms. The number of benzene rings is 2. The van der Waals surface area contributed by atoms with Crippen molar-refractivity contribution in [1.82, 2.24) is 24.1 Å². The topological polar surface area (TPSA) is 72.5 Å². The number of hydrogen-bond acceptors (Lipinski definition) is 5. The Kier molecular flexibility index (Phi) is 6.17. The first-order chi connectivity index (χ1) is 16.1. The fourth-order valence-corrected chi connectivity index (χ4v) is 5.26. The molecule has 0 atom stereocenters. The number of aromatic nitrogens is 4. The molecular weight excluding hydrogens is 434 g/mol. The van der Waals surface area contributed by atoms with Gasteiger partial charge in [0, 0.05) is 13.1 Å². The zero-order valence-corrected chi connectivity index (χ0v) is 19.6. The van der Waals surface area contributed by atoms with Gasteiger partial charge in [-0.2, -0.15) is 0 Å². The zero-order valence-electron chi connectivity index (χ0n) is 18.7. The second-order valence-electron chi connectivity index (χ2n) is 8.55. The number of likely N-dealkylation sites (tertiary alicyclic amines) is 1. The molecule has 4 aromatic rings. The van der Waals surface area contributed by atoms with Crippen molar-refractivity contribution in [2.75, 3.05) is 18.8 Å². The van der Waals surface area contributed by atoms with Gasteiger partial charge in [0.25, 0.3) is 5.56 Å². The Hall–Kier alpha value is -3.13. The molecule has 0 spiro atoms. The summed E-state index contributed by atoms with van der Waals surface area (Å²) in [4.78, 5) is 28.3. The Morgan fingerprint density at radius 2 is 1.64 bits per heavy atom. The van der Waals surface area contributed by atoms with Gasteiger partial charge in [0.1, 0.15) is 0 Å². The van der Waals surface area contributed by atoms with E-state index < -0.39 is 0 Å². The van der Waals surface area contributed by atoms with Crippen LogP contribution >= 0.6 is 11.8 Å². The van der Waals surface area contributed by atoms with E-state index in [2.05, 4.69) is 10.2 Å². The average Bonchev–Trinajstić information content (AvgIpc) is 3.22. The molecule has 1 amide bonds. The maximum Gasteiger partial charge on any atom is 0.267 e. The summed E-state index contributed by atoms with van der Waals surface area (Å²) in [5.74, 6) is 0.886. The summed E-state index contributed by atoms with van der Waals surface area (Å²) in [6.07, 6.45) is 5.77. The van der Waals surface area contributed by atoms with Crippen LogP contribution in [0.3, 0.4) is 0 Å². The van der Waals surface area contributed by atoms with Crippen LogP contribution in [0.5, 0.6) is 0 Å². The Labute approximate surface area is 196 Å². The van der Waals surface area contributed by atoms with E-state index in [1.54, 1.807) is 4.57 Å². The van der Waals surface area contributed by atoms with Crippen molar-refractivity contribution in [2.45, 2.75) is 44.2 Å². The molecule has 0 unspecified atom stereocenters. The van der Waals surface area contributed by atoms with Crippen molar-refractivity contribution in [3.63, 3.8) is 0 Å². The minimum atomic E-state index is -0.136. The van der Waals surface area contributed by atoms with Gasteiger partial charge in [0.05, 0.1) is 22.3 Å². The number of rotatable bonds is 4. The first-order valence-electron chi connectivity index (χ1n) is 11.5. The lowest BCUT2D eigenvalue weighted by Gasteiger charge is -2.24. The number of carbonyl (C=O) groups is 1. The first-order valence-corrected chi connectivity index (χ1v) is 12.5. The third-order valence-electron chi connectivity index (χ3n) is 6.22. The van der Waals surface area contributed by atoms with Gasteiger partial charge in [0.15, 0.2) is 5.16 Å². The molecule has 2 aromatic carbocycles. The molecule has 2 aromatic heterocycles. The lowest BCUT2D eigenvalue weighted by Crippen LogP contribution is -2.35. The molecule has 1 fully saturated rings. The van der Waals surface area contributed by atoms with Crippen molar-refractivity contribution in [3.05, 3.63) is 64.4 Å². The van der Waals surface area contributed by atoms with Crippen LogP contribution in [-0.2, 0) is 4.79 Å². The second-order valence-corrected chi connectivity index (χ2v) is 9.49. The summed E-state index contributed by atoms with van der Waals surface area (Å²) in [5, 5.41) is 9.96. The molecule has 1 aliphatic rings. The summed E-state index contributed by atoms with van der Waals surface area (Å²) in [6.45, 7) is 3.67. The van der Waals surface area contributed by atoms with Crippen LogP contribution in [0.1, 0.15) is 37.7 Å². The van der Waals surface area contributed by atoms with Gasteiger partial charge >= 0.3 is 0 Å². The quantitative estimate of drug-likeness (QED) is 0.426. The number of aryl methyl sites for hydroxylation is 1. The minimum Gasteiger partial charge on any atom is -0.342 e. The fourth-order valence-electron chi connectivity index (χ4n) is 4.41. The smallest absolute Gasteiger partial charge is 0.267 e. The maximum atomic E-state index is 13.4. The molecule has 170 valence electrons. The molecule has 8 heteroatoms. The monoisotopic (exact) mass is 461 g/mol. The molecule has 0 saturated carbocycles. The van der Waals surface area contributed by atoms with Gasteiger partial charge < -0.3 is 4.90 Å². The van der Waals surface area contributed by atoms with Crippen molar-refractivity contribution >= 4 is 34.3 Å². The summed E-state index contributed by atoms with van der Waals surface area (Å²) in [5.41, 5.74) is 2.46. The molecule has 0 radical (unpaired) electrons. The van der Waals surface area contributed by atoms with Crippen LogP contribution in [-0.4, -0.2) is 48.8 Å². The highest BCUT2D eigenvalue weighted by Crippen LogP contribution is 2.24. The summed E-state index contributed by atoms with van der Waals surface area (Å²) in [7, 11) is 0. The maximum absolute atomic E-state index is 13.4. The van der Waals surface area contributed by atoms with E-state index in [1.165, 1.54) is 31.0 Å². The van der Waals surface area contributed by atoms with Gasteiger partial charge in [-0.25, -0.2) is 4.57 Å². The van der Waals surface area contributed by atoms with E-state index in [-0.39, 0.29) is 11.5 Å². The molecule has 0 aliphatic carbocycles. The Morgan fingerprint density at radius 3 is 2.39 bits per heavy atom. The number of nitrogens with zero attached hydrogens (tertiary/aromatic N) is 5. The zero-order chi connectivity index (χ0) is 22.8. The minimum absolute atomic E-state index is 0.134. The molecular formula is C25H27N5O2S.